The van der Waals surface area contributed by atoms with Crippen molar-refractivity contribution in [3.05, 3.63) is 57.7 Å². The lowest BCUT2D eigenvalue weighted by molar-refractivity contribution is 1.05. The molecular weight excluding hydrogens is 352 g/mol. The minimum Gasteiger partial charge on any atom is -0.315 e. The fourth-order valence-corrected chi connectivity index (χ4v) is 3.82. The summed E-state index contributed by atoms with van der Waals surface area (Å²) in [4.78, 5) is 19.7. The van der Waals surface area contributed by atoms with Crippen LogP contribution in [0.3, 0.4) is 0 Å². The molecule has 0 fully saturated rings. The third-order valence-electron chi connectivity index (χ3n) is 3.41. The molecule has 0 saturated carbocycles. The zero-order valence-corrected chi connectivity index (χ0v) is 14.8. The quantitative estimate of drug-likeness (QED) is 0.705. The molecule has 3 rings (SSSR count). The lowest BCUT2D eigenvalue weighted by atomic mass is 10.2. The number of hydrogen-bond acceptors (Lipinski definition) is 6. The summed E-state index contributed by atoms with van der Waals surface area (Å²) in [6.45, 7) is 1.71. The third-order valence-corrected chi connectivity index (χ3v) is 5.30. The van der Waals surface area contributed by atoms with Crippen molar-refractivity contribution in [1.29, 1.82) is 10.5 Å². The van der Waals surface area contributed by atoms with Crippen molar-refractivity contribution in [3.63, 3.8) is 0 Å². The highest BCUT2D eigenvalue weighted by Gasteiger charge is 2.16. The lowest BCUT2D eigenvalue weighted by Crippen LogP contribution is -2.12. The van der Waals surface area contributed by atoms with E-state index < -0.39 is 0 Å². The van der Waals surface area contributed by atoms with Gasteiger partial charge in [0, 0.05) is 10.9 Å². The minimum atomic E-state index is -0.363. The van der Waals surface area contributed by atoms with Crippen molar-refractivity contribution < 1.29 is 0 Å². The van der Waals surface area contributed by atoms with Gasteiger partial charge in [0.2, 0.25) is 0 Å². The Balaban J connectivity index is 2.02. The highest BCUT2D eigenvalue weighted by atomic mass is 32.2. The van der Waals surface area contributed by atoms with Gasteiger partial charge in [-0.2, -0.15) is 10.5 Å². The van der Waals surface area contributed by atoms with Crippen LogP contribution >= 0.6 is 23.1 Å². The van der Waals surface area contributed by atoms with Crippen LogP contribution in [0.2, 0.25) is 0 Å². The fraction of sp³-hybridized carbons (Fsp3) is 0.111. The minimum absolute atomic E-state index is 0.319. The Morgan fingerprint density at radius 3 is 2.72 bits per heavy atom. The molecule has 122 valence electrons. The van der Waals surface area contributed by atoms with Crippen LogP contribution in [0.1, 0.15) is 12.5 Å². The summed E-state index contributed by atoms with van der Waals surface area (Å²) in [6.07, 6.45) is 0. The van der Waals surface area contributed by atoms with Gasteiger partial charge < -0.3 is 4.98 Å². The molecule has 0 aliphatic carbocycles. The molecule has 1 aromatic carbocycles. The van der Waals surface area contributed by atoms with E-state index in [1.165, 1.54) is 11.3 Å². The molecule has 2 heterocycles. The van der Waals surface area contributed by atoms with E-state index in [0.717, 1.165) is 23.0 Å². The maximum Gasteiger partial charge on any atom is 0.259 e. The van der Waals surface area contributed by atoms with Crippen LogP contribution in [0.15, 0.2) is 51.6 Å². The van der Waals surface area contributed by atoms with Crippen LogP contribution < -0.4 is 5.56 Å². The fourth-order valence-electron chi connectivity index (χ4n) is 2.19. The van der Waals surface area contributed by atoms with Crippen LogP contribution in [-0.2, 0) is 0 Å². The molecule has 0 bridgehead atoms. The molecule has 2 aromatic heterocycles. The number of benzene rings is 1. The maximum atomic E-state index is 12.4. The Hall–Kier alpha value is -2.87. The molecule has 0 amide bonds. The Kier molecular flexibility index (Phi) is 4.99. The number of hydrogen-bond donors (Lipinski definition) is 1. The number of nitriles is 2. The number of aromatic amines is 1. The molecule has 0 radical (unpaired) electrons. The van der Waals surface area contributed by atoms with E-state index in [4.69, 9.17) is 5.26 Å². The van der Waals surface area contributed by atoms with Gasteiger partial charge in [-0.05, 0) is 13.0 Å². The first-order valence-electron chi connectivity index (χ1n) is 7.37. The van der Waals surface area contributed by atoms with E-state index >= 15 is 0 Å². The van der Waals surface area contributed by atoms with Gasteiger partial charge in [-0.3, -0.25) is 4.79 Å². The molecule has 1 unspecified atom stereocenters. The lowest BCUT2D eigenvalue weighted by Gasteiger charge is -2.06. The van der Waals surface area contributed by atoms with Gasteiger partial charge in [0.1, 0.15) is 11.1 Å². The summed E-state index contributed by atoms with van der Waals surface area (Å²) in [5, 5.41) is 20.8. The monoisotopic (exact) mass is 364 g/mol. The summed E-state index contributed by atoms with van der Waals surface area (Å²) in [5.41, 5.74) is 2.13. The smallest absolute Gasteiger partial charge is 0.259 e. The van der Waals surface area contributed by atoms with E-state index in [1.54, 1.807) is 13.0 Å². The normalized spacial score (nSPS) is 11.5. The number of thioether (sulfide) groups is 1. The van der Waals surface area contributed by atoms with Gasteiger partial charge in [0.15, 0.2) is 0 Å². The van der Waals surface area contributed by atoms with Gasteiger partial charge >= 0.3 is 0 Å². The van der Waals surface area contributed by atoms with E-state index in [2.05, 4.69) is 22.1 Å². The van der Waals surface area contributed by atoms with Crippen molar-refractivity contribution in [1.82, 2.24) is 9.97 Å². The zero-order valence-electron chi connectivity index (χ0n) is 13.2. The number of nitrogens with one attached hydrogen (secondary N) is 1. The first-order valence-corrected chi connectivity index (χ1v) is 9.13. The van der Waals surface area contributed by atoms with Crippen LogP contribution in [0.25, 0.3) is 21.8 Å². The summed E-state index contributed by atoms with van der Waals surface area (Å²) in [7, 11) is 0. The predicted octanol–water partition coefficient (Wildman–Crippen LogP) is 4.04. The summed E-state index contributed by atoms with van der Waals surface area (Å²) in [6, 6.07) is 15.4. The molecule has 0 aliphatic rings. The van der Waals surface area contributed by atoms with E-state index in [9.17, 15) is 10.1 Å². The topological polar surface area (TPSA) is 93.3 Å². The highest BCUT2D eigenvalue weighted by Crippen LogP contribution is 2.30. The molecule has 0 aliphatic heterocycles. The molecule has 7 heteroatoms. The molecule has 1 atom stereocenters. The second-order valence-corrected chi connectivity index (χ2v) is 7.37. The average molecular weight is 364 g/mol. The SMILES string of the molecule is CC(C#N)Sc1[nH]c(=O)c(-c2nc(-c3ccccc3)cs2)cc1C#N. The Labute approximate surface area is 152 Å². The number of thiazole rings is 1. The third kappa shape index (κ3) is 3.63. The summed E-state index contributed by atoms with van der Waals surface area (Å²) < 4.78 is 0. The number of rotatable bonds is 4. The first-order chi connectivity index (χ1) is 12.1. The number of aromatic nitrogens is 2. The van der Waals surface area contributed by atoms with Gasteiger partial charge in [0.25, 0.3) is 5.56 Å². The molecule has 5 nitrogen and oxygen atoms in total. The predicted molar refractivity (Wildman–Crippen MR) is 99.3 cm³/mol. The molecular formula is C18H12N4OS2. The van der Waals surface area contributed by atoms with Crippen molar-refractivity contribution in [2.24, 2.45) is 0 Å². The molecule has 1 N–H and O–H groups in total. The number of pyridine rings is 1. The summed E-state index contributed by atoms with van der Waals surface area (Å²) >= 11 is 2.51. The van der Waals surface area contributed by atoms with E-state index in [0.29, 0.717) is 21.2 Å². The average Bonchev–Trinajstić information content (AvgIpc) is 3.12. The van der Waals surface area contributed by atoms with Gasteiger partial charge in [0.05, 0.1) is 33.2 Å². The molecule has 25 heavy (non-hydrogen) atoms. The number of nitrogens with zero attached hydrogens (tertiary/aromatic N) is 3. The Morgan fingerprint density at radius 1 is 1.28 bits per heavy atom. The van der Waals surface area contributed by atoms with E-state index in [-0.39, 0.29) is 10.8 Å². The standard InChI is InChI=1S/C18H12N4OS2/c1-11(8-19)25-17-13(9-20)7-14(16(23)22-17)18-21-15(10-24-18)12-5-3-2-4-6-12/h2-7,10-11H,1H3,(H,22,23). The second kappa shape index (κ2) is 7.35. The van der Waals surface area contributed by atoms with Crippen LogP contribution in [0.4, 0.5) is 0 Å². The van der Waals surface area contributed by atoms with Crippen LogP contribution in [0.5, 0.6) is 0 Å². The van der Waals surface area contributed by atoms with Gasteiger partial charge in [-0.25, -0.2) is 4.98 Å². The van der Waals surface area contributed by atoms with Crippen LogP contribution in [-0.4, -0.2) is 15.2 Å². The first kappa shape index (κ1) is 17.0. The Bertz CT molecular complexity index is 1040. The zero-order chi connectivity index (χ0) is 17.8. The van der Waals surface area contributed by atoms with Gasteiger partial charge in [-0.1, -0.05) is 42.1 Å². The van der Waals surface area contributed by atoms with Crippen LogP contribution in [0, 0.1) is 22.7 Å². The van der Waals surface area contributed by atoms with Crippen molar-refractivity contribution in [2.75, 3.05) is 0 Å². The van der Waals surface area contributed by atoms with Gasteiger partial charge in [-0.15, -0.1) is 11.3 Å². The van der Waals surface area contributed by atoms with E-state index in [1.807, 2.05) is 35.7 Å². The Morgan fingerprint density at radius 2 is 2.04 bits per heavy atom. The second-order valence-electron chi connectivity index (χ2n) is 5.16. The van der Waals surface area contributed by atoms with Crippen molar-refractivity contribution in [3.8, 4) is 34.0 Å². The highest BCUT2D eigenvalue weighted by molar-refractivity contribution is 8.00. The summed E-state index contributed by atoms with van der Waals surface area (Å²) in [5.74, 6) is 0. The van der Waals surface area contributed by atoms with Crippen molar-refractivity contribution >= 4 is 23.1 Å². The molecule has 0 spiro atoms. The van der Waals surface area contributed by atoms with Crippen molar-refractivity contribution in [2.45, 2.75) is 17.2 Å². The maximum absolute atomic E-state index is 12.4. The molecule has 0 saturated heterocycles. The number of H-pyrrole nitrogens is 1. The molecule has 3 aromatic rings. The largest absolute Gasteiger partial charge is 0.315 e.